The lowest BCUT2D eigenvalue weighted by atomic mass is 10.1. The van der Waals surface area contributed by atoms with Gasteiger partial charge in [-0.15, -0.1) is 0 Å². The number of rotatable bonds is 1. The molecule has 2 aliphatic rings. The van der Waals surface area contributed by atoms with Crippen molar-refractivity contribution in [3.63, 3.8) is 0 Å². The highest BCUT2D eigenvalue weighted by Gasteiger charge is 2.33. The summed E-state index contributed by atoms with van der Waals surface area (Å²) >= 11 is 5.34. The fourth-order valence-electron chi connectivity index (χ4n) is 1.82. The molecule has 0 N–H and O–H groups in total. The van der Waals surface area contributed by atoms with Crippen molar-refractivity contribution in [3.8, 4) is 0 Å². The van der Waals surface area contributed by atoms with E-state index in [0.29, 0.717) is 16.7 Å². The summed E-state index contributed by atoms with van der Waals surface area (Å²) < 4.78 is 0. The van der Waals surface area contributed by atoms with E-state index >= 15 is 0 Å². The molecule has 2 rings (SSSR count). The fourth-order valence-corrected chi connectivity index (χ4v) is 3.84. The molecule has 1 aliphatic heterocycles. The van der Waals surface area contributed by atoms with E-state index in [0.717, 1.165) is 4.91 Å². The van der Waals surface area contributed by atoms with Gasteiger partial charge in [-0.05, 0) is 19.9 Å². The van der Waals surface area contributed by atoms with Crippen molar-refractivity contribution >= 4 is 33.5 Å². The summed E-state index contributed by atoms with van der Waals surface area (Å²) in [5.74, 6) is 0.215. The summed E-state index contributed by atoms with van der Waals surface area (Å²) in [6.45, 7) is 4.27. The number of thioether (sulfide) groups is 1. The third-order valence-electron chi connectivity index (χ3n) is 2.39. The molecular formula is C10H12BrNOS. The maximum Gasteiger partial charge on any atom is 0.160 e. The molecule has 1 aliphatic carbocycles. The van der Waals surface area contributed by atoms with Crippen LogP contribution < -0.4 is 0 Å². The van der Waals surface area contributed by atoms with Crippen molar-refractivity contribution in [3.05, 3.63) is 22.8 Å². The van der Waals surface area contributed by atoms with Crippen LogP contribution in [0.4, 0.5) is 0 Å². The second kappa shape index (κ2) is 3.74. The third kappa shape index (κ3) is 1.65. The van der Waals surface area contributed by atoms with Crippen LogP contribution in [0.15, 0.2) is 22.8 Å². The Bertz CT molecular complexity index is 335. The number of carbonyl (C=O) groups is 1. The molecule has 14 heavy (non-hydrogen) atoms. The normalized spacial score (nSPS) is 28.4. The molecule has 1 fully saturated rings. The zero-order chi connectivity index (χ0) is 10.3. The van der Waals surface area contributed by atoms with Gasteiger partial charge in [-0.2, -0.15) is 0 Å². The molecule has 1 heterocycles. The molecule has 0 spiro atoms. The van der Waals surface area contributed by atoms with Crippen molar-refractivity contribution < 1.29 is 4.79 Å². The molecule has 0 bridgehead atoms. The predicted octanol–water partition coefficient (Wildman–Crippen LogP) is 2.86. The molecule has 0 radical (unpaired) electrons. The van der Waals surface area contributed by atoms with Gasteiger partial charge in [0.15, 0.2) is 5.78 Å². The second-order valence-electron chi connectivity index (χ2n) is 3.47. The number of fused-ring (bicyclic) bond motifs is 1. The second-order valence-corrected chi connectivity index (χ2v) is 6.15. The molecule has 0 saturated carbocycles. The summed E-state index contributed by atoms with van der Waals surface area (Å²) in [5.41, 5.74) is 1.21. The number of ketones is 1. The van der Waals surface area contributed by atoms with Gasteiger partial charge in [0.25, 0.3) is 0 Å². The number of nitrogens with zero attached hydrogens (tertiary/aromatic N) is 1. The van der Waals surface area contributed by atoms with Crippen molar-refractivity contribution in [2.24, 2.45) is 0 Å². The minimum absolute atomic E-state index is 0.215. The first-order valence-electron chi connectivity index (χ1n) is 4.63. The van der Waals surface area contributed by atoms with Crippen LogP contribution in [0.3, 0.4) is 0 Å². The molecule has 0 aromatic heterocycles. The number of allylic oxidation sites excluding steroid dienone is 2. The van der Waals surface area contributed by atoms with Gasteiger partial charge in [0, 0.05) is 17.0 Å². The monoisotopic (exact) mass is 273 g/mol. The highest BCUT2D eigenvalue weighted by Crippen LogP contribution is 2.45. The van der Waals surface area contributed by atoms with E-state index in [-0.39, 0.29) is 5.78 Å². The Labute approximate surface area is 96.5 Å². The van der Waals surface area contributed by atoms with Gasteiger partial charge in [0.2, 0.25) is 0 Å². The summed E-state index contributed by atoms with van der Waals surface area (Å²) in [6, 6.07) is 0. The average Bonchev–Trinajstić information content (AvgIpc) is 2.39. The van der Waals surface area contributed by atoms with Crippen molar-refractivity contribution in [1.82, 2.24) is 4.90 Å². The van der Waals surface area contributed by atoms with Crippen molar-refractivity contribution in [2.45, 2.75) is 30.6 Å². The van der Waals surface area contributed by atoms with E-state index in [1.165, 1.54) is 5.70 Å². The maximum atomic E-state index is 11.2. The number of hydrogen-bond acceptors (Lipinski definition) is 3. The van der Waals surface area contributed by atoms with Crippen LogP contribution >= 0.6 is 27.7 Å². The highest BCUT2D eigenvalue weighted by molar-refractivity contribution is 9.09. The van der Waals surface area contributed by atoms with Crippen LogP contribution in [-0.4, -0.2) is 21.0 Å². The lowest BCUT2D eigenvalue weighted by Gasteiger charge is -2.27. The van der Waals surface area contributed by atoms with Gasteiger partial charge < -0.3 is 4.90 Å². The van der Waals surface area contributed by atoms with Crippen LogP contribution in [0.25, 0.3) is 0 Å². The van der Waals surface area contributed by atoms with Gasteiger partial charge in [0.1, 0.15) is 0 Å². The Morgan fingerprint density at radius 2 is 2.43 bits per heavy atom. The maximum absolute atomic E-state index is 11.2. The molecule has 1 saturated heterocycles. The molecule has 0 aromatic carbocycles. The Kier molecular flexibility index (Phi) is 2.75. The van der Waals surface area contributed by atoms with E-state index in [1.807, 2.05) is 6.08 Å². The Hall–Kier alpha value is -0.220. The molecule has 2 atom stereocenters. The number of halogens is 1. The van der Waals surface area contributed by atoms with E-state index < -0.39 is 0 Å². The number of carbonyl (C=O) groups excluding carboxylic acids is 1. The summed E-state index contributed by atoms with van der Waals surface area (Å²) in [4.78, 5) is 15.0. The van der Waals surface area contributed by atoms with E-state index in [9.17, 15) is 4.79 Å². The molecule has 0 amide bonds. The number of alkyl halides is 1. The van der Waals surface area contributed by atoms with Gasteiger partial charge in [-0.1, -0.05) is 33.8 Å². The molecule has 2 nitrogen and oxygen atoms in total. The van der Waals surface area contributed by atoms with Gasteiger partial charge in [-0.25, -0.2) is 0 Å². The molecule has 4 heteroatoms. The van der Waals surface area contributed by atoms with Crippen molar-refractivity contribution in [2.75, 3.05) is 0 Å². The topological polar surface area (TPSA) is 20.3 Å². The zero-order valence-corrected chi connectivity index (χ0v) is 10.6. The first-order chi connectivity index (χ1) is 6.59. The average molecular weight is 274 g/mol. The fraction of sp³-hybridized carbons (Fsp3) is 0.500. The molecule has 0 aromatic rings. The summed E-state index contributed by atoms with van der Waals surface area (Å²) in [5, 5.41) is 0.410. The molecular weight excluding hydrogens is 262 g/mol. The van der Waals surface area contributed by atoms with Crippen LogP contribution in [0.5, 0.6) is 0 Å². The largest absolute Gasteiger partial charge is 0.346 e. The van der Waals surface area contributed by atoms with Gasteiger partial charge >= 0.3 is 0 Å². The first-order valence-corrected chi connectivity index (χ1v) is 6.43. The van der Waals surface area contributed by atoms with Crippen LogP contribution in [0.1, 0.15) is 20.3 Å². The van der Waals surface area contributed by atoms with Crippen LogP contribution in [0.2, 0.25) is 0 Å². The first kappa shape index (κ1) is 10.3. The molecule has 2 unspecified atom stereocenters. The predicted molar refractivity (Wildman–Crippen MR) is 63.1 cm³/mol. The van der Waals surface area contributed by atoms with Crippen molar-refractivity contribution in [1.29, 1.82) is 0 Å². The van der Waals surface area contributed by atoms with Crippen LogP contribution in [-0.2, 0) is 4.79 Å². The Balaban J connectivity index is 2.33. The smallest absolute Gasteiger partial charge is 0.160 e. The SMILES string of the molecule is CC(Br)N1C2=CCC(=O)C=C2SC1C. The van der Waals surface area contributed by atoms with E-state index in [1.54, 1.807) is 17.8 Å². The zero-order valence-electron chi connectivity index (χ0n) is 8.16. The van der Waals surface area contributed by atoms with Crippen LogP contribution in [0, 0.1) is 0 Å². The lowest BCUT2D eigenvalue weighted by Crippen LogP contribution is -2.30. The highest BCUT2D eigenvalue weighted by atomic mass is 79.9. The standard InChI is InChI=1S/C10H12BrNOS/c1-6(11)12-7(2)14-10-5-8(13)3-4-9(10)12/h4-7H,3H2,1-2H3. The minimum Gasteiger partial charge on any atom is -0.346 e. The minimum atomic E-state index is 0.215. The Morgan fingerprint density at radius 3 is 3.07 bits per heavy atom. The van der Waals surface area contributed by atoms with Gasteiger partial charge in [-0.3, -0.25) is 4.79 Å². The lowest BCUT2D eigenvalue weighted by molar-refractivity contribution is -0.114. The van der Waals surface area contributed by atoms with Gasteiger partial charge in [0.05, 0.1) is 10.3 Å². The van der Waals surface area contributed by atoms with E-state index in [2.05, 4.69) is 34.7 Å². The summed E-state index contributed by atoms with van der Waals surface area (Å²) in [7, 11) is 0. The Morgan fingerprint density at radius 1 is 1.71 bits per heavy atom. The summed E-state index contributed by atoms with van der Waals surface area (Å²) in [6.07, 6.45) is 4.35. The quantitative estimate of drug-likeness (QED) is 0.541. The van der Waals surface area contributed by atoms with E-state index in [4.69, 9.17) is 0 Å². The molecule has 76 valence electrons. The number of hydrogen-bond donors (Lipinski definition) is 0. The third-order valence-corrected chi connectivity index (χ3v) is 3.98.